The lowest BCUT2D eigenvalue weighted by Gasteiger charge is -2.38. The summed E-state index contributed by atoms with van der Waals surface area (Å²) in [6, 6.07) is -1.13. The third kappa shape index (κ3) is 4.55. The fourth-order valence-electron chi connectivity index (χ4n) is 4.43. The Balaban J connectivity index is 2.25. The first kappa shape index (κ1) is 21.5. The number of nitrogens with one attached hydrogen (secondary N) is 1. The number of nitrogens with zero attached hydrogens (tertiary/aromatic N) is 1. The number of alkyl carbamates (subject to hydrolysis) is 1. The SMILES string of the molecule is CCCCC(CC(NC(=O)OC)C(C)C)N1C(=O)C2(CCC2)CC1C(=O)O. The van der Waals surface area contributed by atoms with Crippen LogP contribution in [0.2, 0.25) is 0 Å². The molecule has 0 aromatic rings. The third-order valence-corrected chi connectivity index (χ3v) is 6.31. The minimum Gasteiger partial charge on any atom is -0.480 e. The molecule has 3 unspecified atom stereocenters. The van der Waals surface area contributed by atoms with E-state index in [0.29, 0.717) is 12.8 Å². The molecule has 2 fully saturated rings. The fraction of sp³-hybridized carbons (Fsp3) is 0.850. The number of carbonyl (C=O) groups excluding carboxylic acids is 2. The molecule has 0 aromatic carbocycles. The van der Waals surface area contributed by atoms with E-state index in [4.69, 9.17) is 4.74 Å². The lowest BCUT2D eigenvalue weighted by molar-refractivity contribution is -0.150. The van der Waals surface area contributed by atoms with Crippen LogP contribution < -0.4 is 5.32 Å². The Hall–Kier alpha value is -1.79. The number of rotatable bonds is 9. The van der Waals surface area contributed by atoms with Gasteiger partial charge in [-0.05, 0) is 38.0 Å². The molecule has 3 atom stereocenters. The van der Waals surface area contributed by atoms with Crippen LogP contribution >= 0.6 is 0 Å². The van der Waals surface area contributed by atoms with E-state index >= 15 is 0 Å². The van der Waals surface area contributed by atoms with Crippen LogP contribution in [-0.4, -0.2) is 53.2 Å². The number of amides is 2. The topological polar surface area (TPSA) is 95.9 Å². The number of likely N-dealkylation sites (tertiary alicyclic amines) is 1. The largest absolute Gasteiger partial charge is 0.480 e. The van der Waals surface area contributed by atoms with Crippen molar-refractivity contribution in [3.05, 3.63) is 0 Å². The van der Waals surface area contributed by atoms with Crippen molar-refractivity contribution in [1.82, 2.24) is 10.2 Å². The van der Waals surface area contributed by atoms with E-state index < -0.39 is 23.5 Å². The van der Waals surface area contributed by atoms with Gasteiger partial charge in [-0.15, -0.1) is 0 Å². The molecule has 1 aliphatic heterocycles. The molecule has 0 radical (unpaired) electrons. The molecule has 2 N–H and O–H groups in total. The van der Waals surface area contributed by atoms with Crippen molar-refractivity contribution in [2.45, 2.75) is 90.3 Å². The predicted octanol–water partition coefficient (Wildman–Crippen LogP) is 3.17. The second-order valence-corrected chi connectivity index (χ2v) is 8.42. The summed E-state index contributed by atoms with van der Waals surface area (Å²) in [6.07, 6.45) is 5.66. The second kappa shape index (κ2) is 8.93. The average molecular weight is 383 g/mol. The van der Waals surface area contributed by atoms with E-state index in [-0.39, 0.29) is 23.9 Å². The molecule has 1 saturated carbocycles. The number of methoxy groups -OCH3 is 1. The summed E-state index contributed by atoms with van der Waals surface area (Å²) in [5, 5.41) is 12.6. The van der Waals surface area contributed by atoms with E-state index in [1.165, 1.54) is 7.11 Å². The van der Waals surface area contributed by atoms with E-state index in [0.717, 1.165) is 38.5 Å². The Bertz CT molecular complexity index is 559. The number of ether oxygens (including phenoxy) is 1. The average Bonchev–Trinajstić information content (AvgIpc) is 2.91. The lowest BCUT2D eigenvalue weighted by Crippen LogP contribution is -2.51. The van der Waals surface area contributed by atoms with Crippen LogP contribution in [0.15, 0.2) is 0 Å². The fourth-order valence-corrected chi connectivity index (χ4v) is 4.43. The number of carboxylic acids is 1. The molecule has 27 heavy (non-hydrogen) atoms. The van der Waals surface area contributed by atoms with Gasteiger partial charge in [0.1, 0.15) is 6.04 Å². The van der Waals surface area contributed by atoms with Crippen molar-refractivity contribution in [3.63, 3.8) is 0 Å². The van der Waals surface area contributed by atoms with Gasteiger partial charge in [0.05, 0.1) is 12.5 Å². The molecule has 154 valence electrons. The molecule has 1 spiro atoms. The van der Waals surface area contributed by atoms with Crippen LogP contribution in [0.3, 0.4) is 0 Å². The maximum atomic E-state index is 13.2. The molecule has 7 nitrogen and oxygen atoms in total. The molecule has 2 rings (SSSR count). The van der Waals surface area contributed by atoms with Gasteiger partial charge in [0, 0.05) is 12.1 Å². The summed E-state index contributed by atoms with van der Waals surface area (Å²) >= 11 is 0. The van der Waals surface area contributed by atoms with E-state index in [2.05, 4.69) is 12.2 Å². The Kier molecular flexibility index (Phi) is 7.12. The summed E-state index contributed by atoms with van der Waals surface area (Å²) in [5.41, 5.74) is -0.462. The van der Waals surface area contributed by atoms with Gasteiger partial charge in [0.25, 0.3) is 0 Å². The third-order valence-electron chi connectivity index (χ3n) is 6.31. The van der Waals surface area contributed by atoms with Gasteiger partial charge >= 0.3 is 12.1 Å². The Morgan fingerprint density at radius 3 is 2.48 bits per heavy atom. The maximum absolute atomic E-state index is 13.2. The van der Waals surface area contributed by atoms with Gasteiger partial charge in [0.2, 0.25) is 5.91 Å². The van der Waals surface area contributed by atoms with Crippen LogP contribution in [0.25, 0.3) is 0 Å². The molecule has 1 aliphatic carbocycles. The highest BCUT2D eigenvalue weighted by molar-refractivity contribution is 5.92. The van der Waals surface area contributed by atoms with Gasteiger partial charge in [0.15, 0.2) is 0 Å². The Morgan fingerprint density at radius 1 is 1.37 bits per heavy atom. The molecule has 7 heteroatoms. The number of carboxylic acid groups (broad SMARTS) is 1. The maximum Gasteiger partial charge on any atom is 0.407 e. The highest BCUT2D eigenvalue weighted by Crippen LogP contribution is 2.52. The monoisotopic (exact) mass is 382 g/mol. The van der Waals surface area contributed by atoms with Crippen LogP contribution in [-0.2, 0) is 14.3 Å². The number of aliphatic carboxylic acids is 1. The minimum absolute atomic E-state index is 0.00262. The van der Waals surface area contributed by atoms with Gasteiger partial charge in [-0.2, -0.15) is 0 Å². The summed E-state index contributed by atoms with van der Waals surface area (Å²) in [7, 11) is 1.33. The zero-order valence-electron chi connectivity index (χ0n) is 17.0. The normalized spacial score (nSPS) is 23.2. The van der Waals surface area contributed by atoms with Crippen molar-refractivity contribution in [2.24, 2.45) is 11.3 Å². The first-order valence-electron chi connectivity index (χ1n) is 10.2. The summed E-state index contributed by atoms with van der Waals surface area (Å²) < 4.78 is 4.73. The predicted molar refractivity (Wildman–Crippen MR) is 101 cm³/mol. The van der Waals surface area contributed by atoms with Crippen LogP contribution in [0.4, 0.5) is 4.79 Å². The number of unbranched alkanes of at least 4 members (excludes halogenated alkanes) is 1. The zero-order chi connectivity index (χ0) is 20.2. The van der Waals surface area contributed by atoms with Gasteiger partial charge in [-0.25, -0.2) is 9.59 Å². The lowest BCUT2D eigenvalue weighted by atomic mass is 9.67. The molecule has 0 aromatic heterocycles. The van der Waals surface area contributed by atoms with Crippen molar-refractivity contribution in [2.75, 3.05) is 7.11 Å². The molecule has 0 bridgehead atoms. The Labute approximate surface area is 161 Å². The van der Waals surface area contributed by atoms with Crippen molar-refractivity contribution in [3.8, 4) is 0 Å². The Morgan fingerprint density at radius 2 is 2.04 bits per heavy atom. The first-order chi connectivity index (χ1) is 12.8. The zero-order valence-corrected chi connectivity index (χ0v) is 17.0. The minimum atomic E-state index is -0.921. The number of carbonyl (C=O) groups is 3. The highest BCUT2D eigenvalue weighted by Gasteiger charge is 2.58. The van der Waals surface area contributed by atoms with E-state index in [1.54, 1.807) is 4.90 Å². The van der Waals surface area contributed by atoms with Gasteiger partial charge in [-0.1, -0.05) is 40.0 Å². The van der Waals surface area contributed by atoms with Crippen molar-refractivity contribution >= 4 is 18.0 Å². The van der Waals surface area contributed by atoms with Gasteiger partial charge in [-0.3, -0.25) is 4.79 Å². The van der Waals surface area contributed by atoms with Gasteiger partial charge < -0.3 is 20.1 Å². The molecule has 2 amide bonds. The smallest absolute Gasteiger partial charge is 0.407 e. The summed E-state index contributed by atoms with van der Waals surface area (Å²) in [4.78, 5) is 38.5. The van der Waals surface area contributed by atoms with E-state index in [1.807, 2.05) is 13.8 Å². The molecule has 2 aliphatic rings. The van der Waals surface area contributed by atoms with Crippen molar-refractivity contribution in [1.29, 1.82) is 0 Å². The molecule has 1 saturated heterocycles. The highest BCUT2D eigenvalue weighted by atomic mass is 16.5. The first-order valence-corrected chi connectivity index (χ1v) is 10.2. The molecular formula is C20H34N2O5. The standard InChI is InChI=1S/C20H34N2O5/c1-5-6-8-14(11-15(13(2)3)21-19(26)27-4)22-16(17(23)24)12-20(18(22)25)9-7-10-20/h13-16H,5-12H2,1-4H3,(H,21,26)(H,23,24). The molecular weight excluding hydrogens is 348 g/mol. The van der Waals surface area contributed by atoms with Crippen LogP contribution in [0, 0.1) is 11.3 Å². The summed E-state index contributed by atoms with van der Waals surface area (Å²) in [6.45, 7) is 6.09. The number of hydrogen-bond acceptors (Lipinski definition) is 4. The van der Waals surface area contributed by atoms with Crippen LogP contribution in [0.1, 0.15) is 72.1 Å². The van der Waals surface area contributed by atoms with Crippen LogP contribution in [0.5, 0.6) is 0 Å². The quantitative estimate of drug-likeness (QED) is 0.638. The van der Waals surface area contributed by atoms with Crippen molar-refractivity contribution < 1.29 is 24.2 Å². The number of hydrogen-bond donors (Lipinski definition) is 2. The van der Waals surface area contributed by atoms with E-state index in [9.17, 15) is 19.5 Å². The molecule has 1 heterocycles. The second-order valence-electron chi connectivity index (χ2n) is 8.42. The summed E-state index contributed by atoms with van der Waals surface area (Å²) in [5.74, 6) is -0.773.